The molecule has 21 heavy (non-hydrogen) atoms. The summed E-state index contributed by atoms with van der Waals surface area (Å²) in [7, 11) is 0. The van der Waals surface area contributed by atoms with Gasteiger partial charge in [0.25, 0.3) is 0 Å². The maximum Gasteiger partial charge on any atom is -0.0391 e. The molecule has 0 aromatic carbocycles. The summed E-state index contributed by atoms with van der Waals surface area (Å²) in [6, 6.07) is 0. The van der Waals surface area contributed by atoms with Gasteiger partial charge in [-0.1, -0.05) is 75.2 Å². The van der Waals surface area contributed by atoms with Crippen LogP contribution in [-0.4, -0.2) is 0 Å². The molecule has 128 valence electrons. The Balaban J connectivity index is 4.02. The molecule has 0 aliphatic carbocycles. The first kappa shape index (κ1) is 21.0. The summed E-state index contributed by atoms with van der Waals surface area (Å²) in [5.41, 5.74) is 0. The highest BCUT2D eigenvalue weighted by molar-refractivity contribution is 4.71. The zero-order valence-electron chi connectivity index (χ0n) is 16.6. The minimum atomic E-state index is 0.838. The van der Waals surface area contributed by atoms with Gasteiger partial charge < -0.3 is 0 Å². The van der Waals surface area contributed by atoms with Gasteiger partial charge in [0, 0.05) is 0 Å². The van der Waals surface area contributed by atoms with E-state index in [-0.39, 0.29) is 0 Å². The Morgan fingerprint density at radius 2 is 1.00 bits per heavy atom. The van der Waals surface area contributed by atoms with E-state index in [0.29, 0.717) is 0 Å². The van der Waals surface area contributed by atoms with Crippen molar-refractivity contribution in [1.29, 1.82) is 0 Å². The van der Waals surface area contributed by atoms with Gasteiger partial charge in [-0.05, 0) is 60.7 Å². The Morgan fingerprint density at radius 3 is 1.48 bits per heavy atom. The van der Waals surface area contributed by atoms with Gasteiger partial charge in [0.05, 0.1) is 0 Å². The van der Waals surface area contributed by atoms with E-state index in [1.54, 1.807) is 0 Å². The smallest absolute Gasteiger partial charge is 0.0391 e. The average Bonchev–Trinajstić information content (AvgIpc) is 2.32. The Morgan fingerprint density at radius 1 is 0.476 bits per heavy atom. The summed E-state index contributed by atoms with van der Waals surface area (Å²) in [6.45, 7) is 21.7. The monoisotopic (exact) mass is 296 g/mol. The minimum absolute atomic E-state index is 0.838. The molecule has 0 radical (unpaired) electrons. The Labute approximate surface area is 136 Å². The predicted octanol–water partition coefficient (Wildman–Crippen LogP) is 7.43. The molecule has 0 amide bonds. The highest BCUT2D eigenvalue weighted by Crippen LogP contribution is 2.31. The average molecular weight is 297 g/mol. The van der Waals surface area contributed by atoms with Gasteiger partial charge in [-0.25, -0.2) is 0 Å². The van der Waals surface area contributed by atoms with Crippen LogP contribution in [0.3, 0.4) is 0 Å². The molecule has 0 N–H and O–H groups in total. The molecular weight excluding hydrogens is 252 g/mol. The van der Waals surface area contributed by atoms with Crippen LogP contribution in [0.1, 0.15) is 94.4 Å². The molecule has 0 saturated carbocycles. The van der Waals surface area contributed by atoms with Gasteiger partial charge >= 0.3 is 0 Å². The normalized spacial score (nSPS) is 19.6. The fraction of sp³-hybridized carbons (Fsp3) is 1.00. The van der Waals surface area contributed by atoms with Crippen molar-refractivity contribution in [3.05, 3.63) is 0 Å². The predicted molar refractivity (Wildman–Crippen MR) is 98.6 cm³/mol. The van der Waals surface area contributed by atoms with Gasteiger partial charge in [0.15, 0.2) is 0 Å². The Kier molecular flexibility index (Phi) is 10.7. The molecule has 0 aliphatic rings. The van der Waals surface area contributed by atoms with E-state index in [2.05, 4.69) is 62.3 Å². The van der Waals surface area contributed by atoms with Crippen molar-refractivity contribution in [1.82, 2.24) is 0 Å². The summed E-state index contributed by atoms with van der Waals surface area (Å²) >= 11 is 0. The van der Waals surface area contributed by atoms with Crippen LogP contribution in [0.2, 0.25) is 0 Å². The molecule has 0 rings (SSSR count). The molecule has 0 nitrogen and oxygen atoms in total. The van der Waals surface area contributed by atoms with Gasteiger partial charge in [0.1, 0.15) is 0 Å². The van der Waals surface area contributed by atoms with Crippen molar-refractivity contribution < 1.29 is 0 Å². The van der Waals surface area contributed by atoms with Crippen LogP contribution in [-0.2, 0) is 0 Å². The van der Waals surface area contributed by atoms with E-state index in [0.717, 1.165) is 41.4 Å². The van der Waals surface area contributed by atoms with E-state index >= 15 is 0 Å². The summed E-state index contributed by atoms with van der Waals surface area (Å²) in [5.74, 6) is 6.10. The standard InChI is InChI=1S/C21H44/c1-15(2)12-18(6)14-17(5)10-11-19(7)21(9)20(8)13-16(3)4/h15-21H,10-14H2,1-9H3. The lowest BCUT2D eigenvalue weighted by Crippen LogP contribution is -2.19. The van der Waals surface area contributed by atoms with Crippen LogP contribution < -0.4 is 0 Å². The first-order chi connectivity index (χ1) is 9.63. The lowest BCUT2D eigenvalue weighted by molar-refractivity contribution is 0.220. The van der Waals surface area contributed by atoms with Crippen LogP contribution in [0, 0.1) is 41.4 Å². The molecule has 0 aromatic heterocycles. The fourth-order valence-corrected chi connectivity index (χ4v) is 4.04. The van der Waals surface area contributed by atoms with Crippen molar-refractivity contribution in [2.45, 2.75) is 94.4 Å². The fourth-order valence-electron chi connectivity index (χ4n) is 4.04. The van der Waals surface area contributed by atoms with E-state index in [9.17, 15) is 0 Å². The largest absolute Gasteiger partial charge is 0.0628 e. The number of hydrogen-bond donors (Lipinski definition) is 0. The second-order valence-corrected chi connectivity index (χ2v) is 9.10. The van der Waals surface area contributed by atoms with Crippen molar-refractivity contribution in [2.24, 2.45) is 41.4 Å². The van der Waals surface area contributed by atoms with E-state index in [4.69, 9.17) is 0 Å². The van der Waals surface area contributed by atoms with Crippen molar-refractivity contribution in [3.63, 3.8) is 0 Å². The zero-order valence-corrected chi connectivity index (χ0v) is 16.6. The molecule has 5 unspecified atom stereocenters. The molecule has 0 fully saturated rings. The van der Waals surface area contributed by atoms with Crippen molar-refractivity contribution in [2.75, 3.05) is 0 Å². The second kappa shape index (κ2) is 10.7. The SMILES string of the molecule is CC(C)CC(C)CC(C)CCC(C)C(C)C(C)CC(C)C. The lowest BCUT2D eigenvalue weighted by atomic mass is 9.77. The summed E-state index contributed by atoms with van der Waals surface area (Å²) in [5, 5.41) is 0. The van der Waals surface area contributed by atoms with E-state index in [1.807, 2.05) is 0 Å². The van der Waals surface area contributed by atoms with Crippen LogP contribution in [0.4, 0.5) is 0 Å². The van der Waals surface area contributed by atoms with Gasteiger partial charge in [-0.3, -0.25) is 0 Å². The van der Waals surface area contributed by atoms with Crippen molar-refractivity contribution >= 4 is 0 Å². The maximum atomic E-state index is 2.48. The summed E-state index contributed by atoms with van der Waals surface area (Å²) in [6.07, 6.45) is 7.02. The van der Waals surface area contributed by atoms with E-state index < -0.39 is 0 Å². The lowest BCUT2D eigenvalue weighted by Gasteiger charge is -2.28. The van der Waals surface area contributed by atoms with Gasteiger partial charge in [0.2, 0.25) is 0 Å². The minimum Gasteiger partial charge on any atom is -0.0628 e. The molecule has 0 saturated heterocycles. The highest BCUT2D eigenvalue weighted by Gasteiger charge is 2.20. The topological polar surface area (TPSA) is 0 Å². The summed E-state index contributed by atoms with van der Waals surface area (Å²) in [4.78, 5) is 0. The van der Waals surface area contributed by atoms with Crippen LogP contribution in [0.5, 0.6) is 0 Å². The number of rotatable bonds is 11. The van der Waals surface area contributed by atoms with Crippen LogP contribution in [0.15, 0.2) is 0 Å². The van der Waals surface area contributed by atoms with Gasteiger partial charge in [-0.2, -0.15) is 0 Å². The third-order valence-electron chi connectivity index (χ3n) is 5.43. The van der Waals surface area contributed by atoms with Crippen molar-refractivity contribution in [3.8, 4) is 0 Å². The first-order valence-electron chi connectivity index (χ1n) is 9.63. The maximum absolute atomic E-state index is 2.48. The molecule has 0 aromatic rings. The van der Waals surface area contributed by atoms with Crippen LogP contribution in [0.25, 0.3) is 0 Å². The van der Waals surface area contributed by atoms with Crippen LogP contribution >= 0.6 is 0 Å². The van der Waals surface area contributed by atoms with Gasteiger partial charge in [-0.15, -0.1) is 0 Å². The summed E-state index contributed by atoms with van der Waals surface area (Å²) < 4.78 is 0. The quantitative estimate of drug-likeness (QED) is 0.372. The zero-order chi connectivity index (χ0) is 16.6. The molecule has 5 atom stereocenters. The Bertz CT molecular complexity index is 240. The molecule has 0 bridgehead atoms. The number of hydrogen-bond acceptors (Lipinski definition) is 0. The van der Waals surface area contributed by atoms with E-state index in [1.165, 1.54) is 32.1 Å². The molecule has 0 heteroatoms. The molecule has 0 spiro atoms. The highest BCUT2D eigenvalue weighted by atomic mass is 14.3. The second-order valence-electron chi connectivity index (χ2n) is 9.10. The third-order valence-corrected chi connectivity index (χ3v) is 5.43. The molecule has 0 heterocycles. The molecule has 0 aliphatic heterocycles. The third kappa shape index (κ3) is 10.4. The first-order valence-corrected chi connectivity index (χ1v) is 9.63. The molecular formula is C21H44. The Hall–Kier alpha value is 0.